The zero-order chi connectivity index (χ0) is 16.0. The van der Waals surface area contributed by atoms with Crippen LogP contribution in [-0.2, 0) is 5.41 Å². The van der Waals surface area contributed by atoms with Crippen LogP contribution in [-0.4, -0.2) is 7.05 Å². The molecule has 3 aromatic carbocycles. The predicted octanol–water partition coefficient (Wildman–Crippen LogP) is 5.76. The highest BCUT2D eigenvalue weighted by molar-refractivity contribution is 5.80. The van der Waals surface area contributed by atoms with Gasteiger partial charge in [-0.25, -0.2) is 0 Å². The van der Waals surface area contributed by atoms with E-state index in [1.54, 1.807) is 0 Å². The number of hydrogen-bond donors (Lipinski definition) is 0. The van der Waals surface area contributed by atoms with Gasteiger partial charge >= 0.3 is 0 Å². The first-order valence-corrected chi connectivity index (χ1v) is 8.12. The summed E-state index contributed by atoms with van der Waals surface area (Å²) >= 11 is 0. The Labute approximate surface area is 138 Å². The first kappa shape index (κ1) is 14.1. The van der Waals surface area contributed by atoms with Crippen LogP contribution in [0.1, 0.15) is 25.0 Å². The van der Waals surface area contributed by atoms with Crippen molar-refractivity contribution in [1.29, 1.82) is 0 Å². The zero-order valence-corrected chi connectivity index (χ0v) is 13.9. The molecule has 23 heavy (non-hydrogen) atoms. The van der Waals surface area contributed by atoms with E-state index >= 15 is 0 Å². The number of fused-ring (bicyclic) bond motifs is 2. The number of rotatable bonds is 1. The van der Waals surface area contributed by atoms with E-state index in [9.17, 15) is 0 Å². The van der Waals surface area contributed by atoms with Crippen LogP contribution in [0.25, 0.3) is 11.1 Å². The number of para-hydroxylation sites is 1. The van der Waals surface area contributed by atoms with E-state index in [0.29, 0.717) is 0 Å². The first-order chi connectivity index (χ1) is 11.1. The maximum Gasteiger partial charge on any atom is 0.0450 e. The Morgan fingerprint density at radius 2 is 1.30 bits per heavy atom. The van der Waals surface area contributed by atoms with Gasteiger partial charge in [-0.1, -0.05) is 68.4 Å². The standard InChI is InChI=1S/C22H21N/c1-22(2)18-11-7-8-12-20(18)23(3)21-14-13-17(15-19(21)22)16-9-5-4-6-10-16/h4-15H,1-3H3. The van der Waals surface area contributed by atoms with Gasteiger partial charge in [0.1, 0.15) is 0 Å². The average Bonchev–Trinajstić information content (AvgIpc) is 2.60. The molecule has 0 bridgehead atoms. The Hall–Kier alpha value is -2.54. The van der Waals surface area contributed by atoms with Crippen molar-refractivity contribution >= 4 is 11.4 Å². The summed E-state index contributed by atoms with van der Waals surface area (Å²) in [7, 11) is 2.16. The Balaban J connectivity index is 1.93. The summed E-state index contributed by atoms with van der Waals surface area (Å²) in [5, 5.41) is 0. The molecular weight excluding hydrogens is 278 g/mol. The molecule has 0 saturated carbocycles. The fourth-order valence-electron chi connectivity index (χ4n) is 3.71. The van der Waals surface area contributed by atoms with Crippen molar-refractivity contribution in [3.8, 4) is 11.1 Å². The third-order valence-electron chi connectivity index (χ3n) is 5.08. The molecule has 0 atom stereocenters. The highest BCUT2D eigenvalue weighted by atomic mass is 15.1. The summed E-state index contributed by atoms with van der Waals surface area (Å²) in [4.78, 5) is 2.31. The molecule has 0 unspecified atom stereocenters. The zero-order valence-electron chi connectivity index (χ0n) is 13.9. The van der Waals surface area contributed by atoms with Crippen molar-refractivity contribution in [3.05, 3.63) is 83.9 Å². The Kier molecular flexibility index (Phi) is 3.05. The molecule has 0 spiro atoms. The summed E-state index contributed by atoms with van der Waals surface area (Å²) in [5.41, 5.74) is 7.94. The quantitative estimate of drug-likeness (QED) is 0.552. The van der Waals surface area contributed by atoms with Crippen molar-refractivity contribution in [2.24, 2.45) is 0 Å². The van der Waals surface area contributed by atoms with E-state index < -0.39 is 0 Å². The van der Waals surface area contributed by atoms with Crippen LogP contribution in [0.3, 0.4) is 0 Å². The molecule has 0 N–H and O–H groups in total. The number of anilines is 2. The SMILES string of the molecule is CN1c2ccccc2C(C)(C)c2cc(-c3ccccc3)ccc21. The minimum Gasteiger partial charge on any atom is -0.344 e. The molecule has 1 aliphatic heterocycles. The molecule has 1 heteroatoms. The Bertz CT molecular complexity index is 862. The molecule has 0 radical (unpaired) electrons. The maximum atomic E-state index is 2.36. The fourth-order valence-corrected chi connectivity index (χ4v) is 3.71. The van der Waals surface area contributed by atoms with Gasteiger partial charge in [0.05, 0.1) is 0 Å². The second kappa shape index (κ2) is 4.99. The molecule has 3 aromatic rings. The molecule has 0 aliphatic carbocycles. The van der Waals surface area contributed by atoms with Crippen LogP contribution in [0.2, 0.25) is 0 Å². The number of benzene rings is 3. The third-order valence-corrected chi connectivity index (χ3v) is 5.08. The van der Waals surface area contributed by atoms with Crippen LogP contribution in [0.5, 0.6) is 0 Å². The van der Waals surface area contributed by atoms with Gasteiger partial charge in [0.2, 0.25) is 0 Å². The van der Waals surface area contributed by atoms with E-state index in [1.807, 2.05) is 0 Å². The normalized spacial score (nSPS) is 15.0. The van der Waals surface area contributed by atoms with Crippen molar-refractivity contribution in [1.82, 2.24) is 0 Å². The Morgan fingerprint density at radius 3 is 2.09 bits per heavy atom. The summed E-state index contributed by atoms with van der Waals surface area (Å²) in [5.74, 6) is 0. The minimum atomic E-state index is 0.00320. The highest BCUT2D eigenvalue weighted by Gasteiger charge is 2.34. The van der Waals surface area contributed by atoms with E-state index in [2.05, 4.69) is 98.6 Å². The maximum absolute atomic E-state index is 2.36. The average molecular weight is 299 g/mol. The Morgan fingerprint density at radius 1 is 0.652 bits per heavy atom. The van der Waals surface area contributed by atoms with Gasteiger partial charge in [-0.15, -0.1) is 0 Å². The van der Waals surface area contributed by atoms with E-state index in [0.717, 1.165) is 0 Å². The van der Waals surface area contributed by atoms with Crippen molar-refractivity contribution < 1.29 is 0 Å². The monoisotopic (exact) mass is 299 g/mol. The van der Waals surface area contributed by atoms with Crippen molar-refractivity contribution in [3.63, 3.8) is 0 Å². The van der Waals surface area contributed by atoms with Gasteiger partial charge in [0.15, 0.2) is 0 Å². The molecular formula is C22H21N. The van der Waals surface area contributed by atoms with Crippen LogP contribution in [0.15, 0.2) is 72.8 Å². The van der Waals surface area contributed by atoms with Gasteiger partial charge in [-0.3, -0.25) is 0 Å². The van der Waals surface area contributed by atoms with Crippen LogP contribution >= 0.6 is 0 Å². The van der Waals surface area contributed by atoms with Gasteiger partial charge in [-0.05, 0) is 40.5 Å². The smallest absolute Gasteiger partial charge is 0.0450 e. The van der Waals surface area contributed by atoms with E-state index in [-0.39, 0.29) is 5.41 Å². The summed E-state index contributed by atoms with van der Waals surface area (Å²) in [6, 6.07) is 26.2. The molecule has 0 amide bonds. The number of hydrogen-bond acceptors (Lipinski definition) is 1. The lowest BCUT2D eigenvalue weighted by atomic mass is 9.73. The van der Waals surface area contributed by atoms with Crippen LogP contribution in [0, 0.1) is 0 Å². The van der Waals surface area contributed by atoms with Crippen molar-refractivity contribution in [2.45, 2.75) is 19.3 Å². The van der Waals surface area contributed by atoms with E-state index in [1.165, 1.54) is 33.6 Å². The second-order valence-electron chi connectivity index (χ2n) is 6.80. The van der Waals surface area contributed by atoms with Crippen LogP contribution < -0.4 is 4.90 Å². The minimum absolute atomic E-state index is 0.00320. The topological polar surface area (TPSA) is 3.24 Å². The van der Waals surface area contributed by atoms with Gasteiger partial charge < -0.3 is 4.90 Å². The molecule has 114 valence electrons. The molecule has 0 aromatic heterocycles. The second-order valence-corrected chi connectivity index (χ2v) is 6.80. The lowest BCUT2D eigenvalue weighted by molar-refractivity contribution is 0.630. The summed E-state index contributed by atoms with van der Waals surface area (Å²) in [6.45, 7) is 4.65. The molecule has 1 aliphatic rings. The van der Waals surface area contributed by atoms with E-state index in [4.69, 9.17) is 0 Å². The molecule has 1 nitrogen and oxygen atoms in total. The fraction of sp³-hybridized carbons (Fsp3) is 0.182. The van der Waals surface area contributed by atoms with Gasteiger partial charge in [0, 0.05) is 23.8 Å². The lowest BCUT2D eigenvalue weighted by Gasteiger charge is -2.40. The molecule has 1 heterocycles. The molecule has 0 fully saturated rings. The predicted molar refractivity (Wildman–Crippen MR) is 98.5 cm³/mol. The number of nitrogens with zero attached hydrogens (tertiary/aromatic N) is 1. The van der Waals surface area contributed by atoms with Crippen LogP contribution in [0.4, 0.5) is 11.4 Å². The highest BCUT2D eigenvalue weighted by Crippen LogP contribution is 2.48. The first-order valence-electron chi connectivity index (χ1n) is 8.12. The lowest BCUT2D eigenvalue weighted by Crippen LogP contribution is -2.30. The largest absolute Gasteiger partial charge is 0.344 e. The van der Waals surface area contributed by atoms with Gasteiger partial charge in [-0.2, -0.15) is 0 Å². The van der Waals surface area contributed by atoms with Gasteiger partial charge in [0.25, 0.3) is 0 Å². The molecule has 4 rings (SSSR count). The van der Waals surface area contributed by atoms with Crippen molar-refractivity contribution in [2.75, 3.05) is 11.9 Å². The molecule has 0 saturated heterocycles. The summed E-state index contributed by atoms with van der Waals surface area (Å²) < 4.78 is 0. The third kappa shape index (κ3) is 2.08. The summed E-state index contributed by atoms with van der Waals surface area (Å²) in [6.07, 6.45) is 0.